The Morgan fingerprint density at radius 1 is 0.453 bits per heavy atom. The van der Waals surface area contributed by atoms with Crippen LogP contribution in [0, 0.1) is 0 Å². The van der Waals surface area contributed by atoms with Gasteiger partial charge in [0.05, 0.1) is 25.4 Å². The molecule has 0 radical (unpaired) electrons. The van der Waals surface area contributed by atoms with Gasteiger partial charge in [0.25, 0.3) is 0 Å². The number of carbonyl (C=O) groups excluding carboxylic acids is 2. The van der Waals surface area contributed by atoms with Gasteiger partial charge in [-0.2, -0.15) is 0 Å². The molecule has 0 aromatic heterocycles. The van der Waals surface area contributed by atoms with Crippen molar-refractivity contribution < 1.29 is 49.3 Å². The van der Waals surface area contributed by atoms with Crippen molar-refractivity contribution in [3.05, 3.63) is 48.6 Å². The Morgan fingerprint density at radius 3 is 1.22 bits per heavy atom. The maximum atomic E-state index is 13.5. The van der Waals surface area contributed by atoms with E-state index in [9.17, 15) is 35.1 Å². The summed E-state index contributed by atoms with van der Waals surface area (Å²) in [6, 6.07) is -1.02. The van der Waals surface area contributed by atoms with Gasteiger partial charge in [0.1, 0.15) is 24.4 Å². The molecule has 86 heavy (non-hydrogen) atoms. The summed E-state index contributed by atoms with van der Waals surface area (Å²) in [6.07, 6.45) is 68.7. The van der Waals surface area contributed by atoms with Crippen LogP contribution in [0.2, 0.25) is 0 Å². The first-order chi connectivity index (χ1) is 42.2. The summed E-state index contributed by atoms with van der Waals surface area (Å²) in [4.78, 5) is 26.7. The quantitative estimate of drug-likeness (QED) is 0.0195. The summed E-state index contributed by atoms with van der Waals surface area (Å²) < 4.78 is 17.7. The molecule has 0 aromatic carbocycles. The number of hydrogen-bond acceptors (Lipinski definition) is 10. The molecule has 0 bridgehead atoms. The van der Waals surface area contributed by atoms with Crippen LogP contribution in [-0.4, -0.2) is 99.6 Å². The Kier molecular flexibility index (Phi) is 59.6. The number of unbranched alkanes of at least 4 members (excludes halogenated alkanes) is 44. The van der Waals surface area contributed by atoms with E-state index in [0.29, 0.717) is 19.3 Å². The molecule has 1 heterocycles. The van der Waals surface area contributed by atoms with Crippen molar-refractivity contribution in [3.63, 3.8) is 0 Å². The van der Waals surface area contributed by atoms with E-state index in [4.69, 9.17) is 14.2 Å². The second-order valence-corrected chi connectivity index (χ2v) is 25.7. The molecule has 8 unspecified atom stereocenters. The molecule has 0 aliphatic carbocycles. The molecule has 6 N–H and O–H groups in total. The van der Waals surface area contributed by atoms with Crippen LogP contribution in [0.25, 0.3) is 0 Å². The highest BCUT2D eigenvalue weighted by atomic mass is 16.7. The number of aliphatic hydroxyl groups is 5. The molecule has 504 valence electrons. The molecule has 1 saturated heterocycles. The lowest BCUT2D eigenvalue weighted by Gasteiger charge is -2.41. The maximum Gasteiger partial charge on any atom is 0.306 e. The molecule has 11 nitrogen and oxygen atoms in total. The Labute approximate surface area is 529 Å². The number of carbonyl (C=O) groups is 2. The Balaban J connectivity index is 2.55. The van der Waals surface area contributed by atoms with Gasteiger partial charge in [-0.15, -0.1) is 0 Å². The van der Waals surface area contributed by atoms with Crippen molar-refractivity contribution in [3.8, 4) is 0 Å². The van der Waals surface area contributed by atoms with Crippen molar-refractivity contribution in [2.45, 2.75) is 404 Å². The minimum atomic E-state index is -1.61. The normalized spacial score (nSPS) is 18.5. The zero-order chi connectivity index (χ0) is 62.4. The molecule has 0 spiro atoms. The molecule has 0 aromatic rings. The Morgan fingerprint density at radius 2 is 0.802 bits per heavy atom. The van der Waals surface area contributed by atoms with Crippen molar-refractivity contribution in [2.24, 2.45) is 0 Å². The second-order valence-electron chi connectivity index (χ2n) is 25.7. The van der Waals surface area contributed by atoms with Gasteiger partial charge in [0.15, 0.2) is 12.4 Å². The van der Waals surface area contributed by atoms with Crippen molar-refractivity contribution in [1.82, 2.24) is 5.32 Å². The van der Waals surface area contributed by atoms with Crippen LogP contribution in [-0.2, 0) is 23.8 Å². The van der Waals surface area contributed by atoms with E-state index < -0.39 is 67.4 Å². The van der Waals surface area contributed by atoms with Gasteiger partial charge in [-0.3, -0.25) is 9.59 Å². The molecule has 1 amide bonds. The van der Waals surface area contributed by atoms with Crippen LogP contribution in [0.5, 0.6) is 0 Å². The van der Waals surface area contributed by atoms with Crippen LogP contribution >= 0.6 is 0 Å². The molecule has 11 heteroatoms. The highest BCUT2D eigenvalue weighted by molar-refractivity contribution is 5.80. The topological polar surface area (TPSA) is 175 Å². The molecular weight excluding hydrogens is 1070 g/mol. The first-order valence-electron chi connectivity index (χ1n) is 36.9. The van der Waals surface area contributed by atoms with Crippen LogP contribution in [0.1, 0.15) is 355 Å². The molecule has 0 saturated carbocycles. The van der Waals surface area contributed by atoms with Crippen molar-refractivity contribution >= 4 is 11.9 Å². The fourth-order valence-corrected chi connectivity index (χ4v) is 11.6. The lowest BCUT2D eigenvalue weighted by atomic mass is 9.99. The highest BCUT2D eigenvalue weighted by Gasteiger charge is 2.47. The number of ether oxygens (including phenoxy) is 3. The second kappa shape index (κ2) is 62.8. The number of rotatable bonds is 64. The number of esters is 1. The molecule has 1 aliphatic rings. The monoisotopic (exact) mass is 1210 g/mol. The fraction of sp³-hybridized carbons (Fsp3) is 0.867. The minimum absolute atomic E-state index is 0.126. The van der Waals surface area contributed by atoms with Gasteiger partial charge in [-0.1, -0.05) is 313 Å². The first kappa shape index (κ1) is 81.6. The van der Waals surface area contributed by atoms with Gasteiger partial charge in [0, 0.05) is 6.42 Å². The Hall–Kier alpha value is -2.38. The molecule has 1 rings (SSSR count). The summed E-state index contributed by atoms with van der Waals surface area (Å²) in [7, 11) is 0. The highest BCUT2D eigenvalue weighted by Crippen LogP contribution is 2.26. The summed E-state index contributed by atoms with van der Waals surface area (Å²) in [6.45, 7) is 5.81. The standard InChI is InChI=1S/C75H139NO10/c1-4-7-10-13-16-19-22-25-27-29-31-33-35-37-39-41-43-45-48-51-54-57-60-63-70(80)86-73-72(82)71(81)69(64-77)85-75(73)84-65-66(67(78)61-58-55-52-49-46-24-21-18-15-12-9-6-3)76-74(83)68(79)62-59-56-53-50-47-44-42-40-38-36-34-32-30-28-26-23-20-17-14-11-8-5-2/h17,20,25-28,58,61,66-69,71-73,75,77-79,81-82H,4-16,18-19,21-24,29-57,59-60,62-65H2,1-3H3,(H,76,83)/b20-17-,27-25+,28-26-,61-58+. The predicted molar refractivity (Wildman–Crippen MR) is 361 cm³/mol. The predicted octanol–water partition coefficient (Wildman–Crippen LogP) is 19.1. The third-order valence-electron chi connectivity index (χ3n) is 17.5. The number of hydrogen-bond donors (Lipinski definition) is 6. The van der Waals surface area contributed by atoms with Crippen LogP contribution < -0.4 is 5.32 Å². The average Bonchev–Trinajstić information content (AvgIpc) is 3.59. The summed E-state index contributed by atoms with van der Waals surface area (Å²) in [5, 5.41) is 57.3. The number of amides is 1. The smallest absolute Gasteiger partial charge is 0.306 e. The molecule has 8 atom stereocenters. The summed E-state index contributed by atoms with van der Waals surface area (Å²) in [5.41, 5.74) is 0. The Bertz CT molecular complexity index is 1590. The molecule has 1 aliphatic heterocycles. The number of allylic oxidation sites excluding steroid dienone is 7. The average molecular weight is 1210 g/mol. The number of nitrogens with one attached hydrogen (secondary N) is 1. The van der Waals surface area contributed by atoms with Crippen LogP contribution in [0.15, 0.2) is 48.6 Å². The van der Waals surface area contributed by atoms with E-state index in [1.165, 1.54) is 244 Å². The van der Waals surface area contributed by atoms with Gasteiger partial charge < -0.3 is 45.1 Å². The lowest BCUT2D eigenvalue weighted by Crippen LogP contribution is -2.61. The zero-order valence-corrected chi connectivity index (χ0v) is 56.2. The van der Waals surface area contributed by atoms with Crippen LogP contribution in [0.4, 0.5) is 0 Å². The molecular formula is C75H139NO10. The van der Waals surface area contributed by atoms with Gasteiger partial charge >= 0.3 is 5.97 Å². The van der Waals surface area contributed by atoms with E-state index >= 15 is 0 Å². The zero-order valence-electron chi connectivity index (χ0n) is 56.2. The van der Waals surface area contributed by atoms with Gasteiger partial charge in [0.2, 0.25) is 5.91 Å². The fourth-order valence-electron chi connectivity index (χ4n) is 11.6. The lowest BCUT2D eigenvalue weighted by molar-refractivity contribution is -0.305. The molecule has 1 fully saturated rings. The third-order valence-corrected chi connectivity index (χ3v) is 17.5. The summed E-state index contributed by atoms with van der Waals surface area (Å²) in [5.74, 6) is -1.18. The van der Waals surface area contributed by atoms with Gasteiger partial charge in [-0.25, -0.2) is 0 Å². The van der Waals surface area contributed by atoms with Crippen molar-refractivity contribution in [1.29, 1.82) is 0 Å². The van der Waals surface area contributed by atoms with Gasteiger partial charge in [-0.05, 0) is 83.5 Å². The number of aliphatic hydroxyl groups excluding tert-OH is 5. The van der Waals surface area contributed by atoms with E-state index in [-0.39, 0.29) is 13.0 Å². The van der Waals surface area contributed by atoms with Crippen LogP contribution in [0.3, 0.4) is 0 Å². The van der Waals surface area contributed by atoms with Crippen molar-refractivity contribution in [2.75, 3.05) is 13.2 Å². The van der Waals surface area contributed by atoms with E-state index in [2.05, 4.69) is 62.5 Å². The largest absolute Gasteiger partial charge is 0.454 e. The first-order valence-corrected chi connectivity index (χ1v) is 36.9. The van der Waals surface area contributed by atoms with E-state index in [1.807, 2.05) is 6.08 Å². The maximum absolute atomic E-state index is 13.5. The van der Waals surface area contributed by atoms with E-state index in [1.54, 1.807) is 6.08 Å². The SMILES string of the molecule is CCCCC/C=C\C/C=C\CCCCCCCCCCCCCCC(O)C(=O)NC(COC1OC(CO)C(O)C(O)C1OC(=O)CCCCCCCCCCCCCCC/C=C/CCCCCCCC)C(O)/C=C/CCCCCCCCCCCC. The third kappa shape index (κ3) is 49.4. The summed E-state index contributed by atoms with van der Waals surface area (Å²) >= 11 is 0. The minimum Gasteiger partial charge on any atom is -0.454 e. The van der Waals surface area contributed by atoms with E-state index in [0.717, 1.165) is 64.2 Å².